The number of carboxylic acid groups (broad SMARTS) is 1. The van der Waals surface area contributed by atoms with Crippen molar-refractivity contribution >= 4 is 23.2 Å². The van der Waals surface area contributed by atoms with Gasteiger partial charge in [-0.25, -0.2) is 4.79 Å². The van der Waals surface area contributed by atoms with Crippen LogP contribution in [0, 0.1) is 5.41 Å². The van der Waals surface area contributed by atoms with E-state index in [2.05, 4.69) is 10.6 Å². The van der Waals surface area contributed by atoms with Gasteiger partial charge >= 0.3 is 5.97 Å². The molecule has 0 bridgehead atoms. The lowest BCUT2D eigenvalue weighted by atomic mass is 10.0. The van der Waals surface area contributed by atoms with Gasteiger partial charge in [0.1, 0.15) is 11.6 Å². The fourth-order valence-electron chi connectivity index (χ4n) is 2.62. The molecule has 1 atom stereocenters. The molecule has 7 nitrogen and oxygen atoms in total. The van der Waals surface area contributed by atoms with E-state index in [0.717, 1.165) is 5.69 Å². The molecule has 6 N–H and O–H groups in total. The minimum Gasteiger partial charge on any atom is -0.492 e. The summed E-state index contributed by atoms with van der Waals surface area (Å²) in [5, 5.41) is 23.4. The molecule has 0 aromatic heterocycles. The first-order valence-corrected chi connectivity index (χ1v) is 8.79. The predicted octanol–water partition coefficient (Wildman–Crippen LogP) is 3.43. The lowest BCUT2D eigenvalue weighted by molar-refractivity contribution is -0.138. The Labute approximate surface area is 159 Å². The Kier molecular flexibility index (Phi) is 6.65. The molecule has 2 aromatic carbocycles. The molecule has 0 saturated carbocycles. The number of ether oxygens (including phenoxy) is 1. The Balaban J connectivity index is 2.31. The van der Waals surface area contributed by atoms with E-state index in [0.29, 0.717) is 29.2 Å². The molecule has 2 aromatic rings. The molecule has 0 aliphatic carbocycles. The molecule has 0 saturated heterocycles. The summed E-state index contributed by atoms with van der Waals surface area (Å²) in [5.41, 5.74) is 8.05. The minimum absolute atomic E-state index is 0.0362. The van der Waals surface area contributed by atoms with Crippen molar-refractivity contribution in [1.82, 2.24) is 0 Å². The number of nitrogens with two attached hydrogens (primary N) is 1. The number of amidine groups is 1. The summed E-state index contributed by atoms with van der Waals surface area (Å²) in [4.78, 5) is 11.8. The zero-order valence-electron chi connectivity index (χ0n) is 15.7. The summed E-state index contributed by atoms with van der Waals surface area (Å²) in [6.45, 7) is 6.41. The van der Waals surface area contributed by atoms with E-state index in [1.54, 1.807) is 36.4 Å². The van der Waals surface area contributed by atoms with E-state index < -0.39 is 12.0 Å². The molecule has 0 fully saturated rings. The average molecular weight is 370 g/mol. The van der Waals surface area contributed by atoms with Gasteiger partial charge in [0.05, 0.1) is 12.3 Å². The van der Waals surface area contributed by atoms with Crippen molar-refractivity contribution in [2.75, 3.05) is 17.2 Å². The lowest BCUT2D eigenvalue weighted by Gasteiger charge is -2.20. The van der Waals surface area contributed by atoms with Crippen molar-refractivity contribution in [3.63, 3.8) is 0 Å². The summed E-state index contributed by atoms with van der Waals surface area (Å²) >= 11 is 0. The van der Waals surface area contributed by atoms with Crippen LogP contribution in [-0.2, 0) is 4.79 Å². The summed E-state index contributed by atoms with van der Waals surface area (Å²) < 4.78 is 5.68. The SMILES string of the molecule is CCOc1cc(C(Nc2ccc(C(=N)N)cc2)C(=O)O)ccc1NC(C)C. The highest BCUT2D eigenvalue weighted by atomic mass is 16.5. The summed E-state index contributed by atoms with van der Waals surface area (Å²) in [6.07, 6.45) is 0. The van der Waals surface area contributed by atoms with E-state index in [4.69, 9.17) is 15.9 Å². The van der Waals surface area contributed by atoms with Crippen molar-refractivity contribution in [2.45, 2.75) is 32.9 Å². The second kappa shape index (κ2) is 8.93. The van der Waals surface area contributed by atoms with Gasteiger partial charge in [0.25, 0.3) is 0 Å². The maximum absolute atomic E-state index is 11.8. The number of hydrogen-bond acceptors (Lipinski definition) is 5. The molecule has 1 unspecified atom stereocenters. The van der Waals surface area contributed by atoms with Crippen LogP contribution >= 0.6 is 0 Å². The Bertz CT molecular complexity index is 803. The van der Waals surface area contributed by atoms with E-state index in [9.17, 15) is 9.90 Å². The number of nitrogen functional groups attached to an aromatic ring is 1. The number of rotatable bonds is 9. The van der Waals surface area contributed by atoms with Gasteiger partial charge in [-0.05, 0) is 62.7 Å². The van der Waals surface area contributed by atoms with Gasteiger partial charge in [0, 0.05) is 17.3 Å². The van der Waals surface area contributed by atoms with Crippen LogP contribution in [-0.4, -0.2) is 29.6 Å². The third-order valence-corrected chi connectivity index (χ3v) is 3.84. The van der Waals surface area contributed by atoms with Gasteiger partial charge < -0.3 is 26.2 Å². The summed E-state index contributed by atoms with van der Waals surface area (Å²) in [7, 11) is 0. The topological polar surface area (TPSA) is 120 Å². The maximum Gasteiger partial charge on any atom is 0.330 e. The highest BCUT2D eigenvalue weighted by molar-refractivity contribution is 5.95. The first-order chi connectivity index (χ1) is 12.8. The molecule has 27 heavy (non-hydrogen) atoms. The van der Waals surface area contributed by atoms with Crippen LogP contribution in [0.15, 0.2) is 42.5 Å². The van der Waals surface area contributed by atoms with Crippen molar-refractivity contribution in [3.05, 3.63) is 53.6 Å². The fourth-order valence-corrected chi connectivity index (χ4v) is 2.62. The molecule has 2 rings (SSSR count). The van der Waals surface area contributed by atoms with Gasteiger partial charge in [-0.3, -0.25) is 5.41 Å². The van der Waals surface area contributed by atoms with E-state index in [-0.39, 0.29) is 11.9 Å². The molecule has 0 amide bonds. The minimum atomic E-state index is -1.00. The maximum atomic E-state index is 11.8. The van der Waals surface area contributed by atoms with Crippen LogP contribution in [0.3, 0.4) is 0 Å². The molecule has 0 heterocycles. The lowest BCUT2D eigenvalue weighted by Crippen LogP contribution is -2.21. The Morgan fingerprint density at radius 1 is 1.19 bits per heavy atom. The molecular formula is C20H26N4O3. The van der Waals surface area contributed by atoms with Crippen LogP contribution in [0.1, 0.15) is 37.9 Å². The van der Waals surface area contributed by atoms with Gasteiger partial charge in [-0.1, -0.05) is 6.07 Å². The van der Waals surface area contributed by atoms with Crippen molar-refractivity contribution in [2.24, 2.45) is 5.73 Å². The molecule has 0 aliphatic rings. The second-order valence-electron chi connectivity index (χ2n) is 6.39. The molecule has 0 aliphatic heterocycles. The smallest absolute Gasteiger partial charge is 0.330 e. The van der Waals surface area contributed by atoms with Crippen LogP contribution in [0.5, 0.6) is 5.75 Å². The normalized spacial score (nSPS) is 11.7. The van der Waals surface area contributed by atoms with Crippen LogP contribution in [0.25, 0.3) is 0 Å². The van der Waals surface area contributed by atoms with Crippen molar-refractivity contribution in [3.8, 4) is 5.75 Å². The first-order valence-electron chi connectivity index (χ1n) is 8.79. The number of benzene rings is 2. The number of nitrogens with one attached hydrogen (secondary N) is 3. The number of carbonyl (C=O) groups is 1. The average Bonchev–Trinajstić information content (AvgIpc) is 2.61. The van der Waals surface area contributed by atoms with Crippen LogP contribution in [0.4, 0.5) is 11.4 Å². The van der Waals surface area contributed by atoms with Crippen molar-refractivity contribution in [1.29, 1.82) is 5.41 Å². The first kappa shape index (κ1) is 20.1. The number of carboxylic acids is 1. The van der Waals surface area contributed by atoms with Gasteiger partial charge in [-0.15, -0.1) is 0 Å². The Morgan fingerprint density at radius 3 is 2.37 bits per heavy atom. The van der Waals surface area contributed by atoms with E-state index in [1.807, 2.05) is 26.8 Å². The fraction of sp³-hybridized carbons (Fsp3) is 0.300. The molecule has 144 valence electrons. The molecule has 7 heteroatoms. The quantitative estimate of drug-likeness (QED) is 0.341. The molecule has 0 radical (unpaired) electrons. The highest BCUT2D eigenvalue weighted by Crippen LogP contribution is 2.31. The zero-order valence-corrected chi connectivity index (χ0v) is 15.7. The molecular weight excluding hydrogens is 344 g/mol. The second-order valence-corrected chi connectivity index (χ2v) is 6.39. The molecule has 0 spiro atoms. The number of aliphatic carboxylic acids is 1. The van der Waals surface area contributed by atoms with E-state index >= 15 is 0 Å². The van der Waals surface area contributed by atoms with Crippen LogP contribution in [0.2, 0.25) is 0 Å². The largest absolute Gasteiger partial charge is 0.492 e. The standard InChI is InChI=1S/C20H26N4O3/c1-4-27-17-11-14(7-10-16(17)23-12(2)3)18(20(25)26)24-15-8-5-13(6-9-15)19(21)22/h5-12,18,23-24H,4H2,1-3H3,(H3,21,22)(H,25,26). The summed E-state index contributed by atoms with van der Waals surface area (Å²) in [6, 6.07) is 11.4. The van der Waals surface area contributed by atoms with Gasteiger partial charge in [0.2, 0.25) is 0 Å². The van der Waals surface area contributed by atoms with Crippen molar-refractivity contribution < 1.29 is 14.6 Å². The summed E-state index contributed by atoms with van der Waals surface area (Å²) in [5.74, 6) is -0.424. The van der Waals surface area contributed by atoms with E-state index in [1.165, 1.54) is 0 Å². The highest BCUT2D eigenvalue weighted by Gasteiger charge is 2.21. The van der Waals surface area contributed by atoms with Gasteiger partial charge in [0.15, 0.2) is 6.04 Å². The monoisotopic (exact) mass is 370 g/mol. The van der Waals surface area contributed by atoms with Gasteiger partial charge in [-0.2, -0.15) is 0 Å². The third kappa shape index (κ3) is 5.37. The predicted molar refractivity (Wildman–Crippen MR) is 108 cm³/mol. The Morgan fingerprint density at radius 2 is 1.85 bits per heavy atom. The van der Waals surface area contributed by atoms with Crippen LogP contribution < -0.4 is 21.1 Å². The zero-order chi connectivity index (χ0) is 20.0. The Hall–Kier alpha value is -3.22. The number of hydrogen-bond donors (Lipinski definition) is 5. The number of anilines is 2. The third-order valence-electron chi connectivity index (χ3n) is 3.84.